The van der Waals surface area contributed by atoms with E-state index in [-0.39, 0.29) is 5.78 Å². The molecule has 2 rings (SSSR count). The topological polar surface area (TPSA) is 34.5 Å². The molecule has 0 aliphatic rings. The van der Waals surface area contributed by atoms with Crippen molar-refractivity contribution in [3.8, 4) is 5.69 Å². The molecular weight excluding hydrogens is 312 g/mol. The minimum absolute atomic E-state index is 0.122. The molecule has 5 heteroatoms. The third-order valence-corrected chi connectivity index (χ3v) is 4.16. The van der Waals surface area contributed by atoms with Crippen molar-refractivity contribution in [3.05, 3.63) is 52.3 Å². The number of rotatable bonds is 7. The first-order chi connectivity index (χ1) is 10.9. The van der Waals surface area contributed by atoms with Gasteiger partial charge in [0.15, 0.2) is 5.78 Å². The third kappa shape index (κ3) is 4.22. The lowest BCUT2D eigenvalue weighted by atomic mass is 10.1. The third-order valence-electron chi connectivity index (χ3n) is 3.91. The van der Waals surface area contributed by atoms with Gasteiger partial charge in [0, 0.05) is 41.3 Å². The lowest BCUT2D eigenvalue weighted by Gasteiger charge is -2.15. The summed E-state index contributed by atoms with van der Waals surface area (Å²) in [4.78, 5) is 14.5. The zero-order valence-electron chi connectivity index (χ0n) is 14.1. The molecule has 1 aromatic carbocycles. The number of halogens is 1. The summed E-state index contributed by atoms with van der Waals surface area (Å²) in [5, 5.41) is 0.701. The van der Waals surface area contributed by atoms with E-state index in [1.807, 2.05) is 56.1 Å². The first kappa shape index (κ1) is 17.7. The van der Waals surface area contributed by atoms with E-state index < -0.39 is 0 Å². The summed E-state index contributed by atoms with van der Waals surface area (Å²) in [5.41, 5.74) is 3.76. The Hall–Kier alpha value is -1.62. The number of carbonyl (C=O) groups excluding carboxylic acids is 1. The molecule has 0 amide bonds. The molecule has 0 spiro atoms. The number of benzene rings is 1. The summed E-state index contributed by atoms with van der Waals surface area (Å²) < 4.78 is 7.13. The highest BCUT2D eigenvalue weighted by atomic mass is 35.5. The molecule has 0 radical (unpaired) electrons. The van der Waals surface area contributed by atoms with Crippen LogP contribution in [0.4, 0.5) is 0 Å². The highest BCUT2D eigenvalue weighted by molar-refractivity contribution is 6.30. The van der Waals surface area contributed by atoms with Gasteiger partial charge in [0.25, 0.3) is 0 Å². The maximum absolute atomic E-state index is 12.6. The van der Waals surface area contributed by atoms with E-state index in [4.69, 9.17) is 16.3 Å². The molecule has 1 aromatic heterocycles. The van der Waals surface area contributed by atoms with Gasteiger partial charge in [0.2, 0.25) is 0 Å². The van der Waals surface area contributed by atoms with Crippen LogP contribution in [0.3, 0.4) is 0 Å². The fraction of sp³-hybridized carbons (Fsp3) is 0.389. The predicted octanol–water partition coefficient (Wildman–Crippen LogP) is 3.51. The predicted molar refractivity (Wildman–Crippen MR) is 94.0 cm³/mol. The Morgan fingerprint density at radius 1 is 1.26 bits per heavy atom. The number of methoxy groups -OCH3 is 1. The molecule has 4 nitrogen and oxygen atoms in total. The number of ketones is 1. The van der Waals surface area contributed by atoms with Gasteiger partial charge in [-0.05, 0) is 51.2 Å². The van der Waals surface area contributed by atoms with Crippen molar-refractivity contribution in [2.75, 3.05) is 33.9 Å². The van der Waals surface area contributed by atoms with Crippen molar-refractivity contribution >= 4 is 17.4 Å². The number of hydrogen-bond donors (Lipinski definition) is 0. The smallest absolute Gasteiger partial charge is 0.178 e. The van der Waals surface area contributed by atoms with Gasteiger partial charge in [0.1, 0.15) is 0 Å². The molecule has 124 valence electrons. The second-order valence-corrected chi connectivity index (χ2v) is 6.19. The average Bonchev–Trinajstić information content (AvgIpc) is 2.81. The Labute approximate surface area is 142 Å². The van der Waals surface area contributed by atoms with Crippen molar-refractivity contribution in [1.82, 2.24) is 9.47 Å². The Kier molecular flexibility index (Phi) is 5.99. The van der Waals surface area contributed by atoms with E-state index in [0.717, 1.165) is 29.2 Å². The molecule has 23 heavy (non-hydrogen) atoms. The van der Waals surface area contributed by atoms with Crippen LogP contribution in [-0.2, 0) is 4.74 Å². The van der Waals surface area contributed by atoms with E-state index >= 15 is 0 Å². The number of Topliss-reactive ketones (excluding diaryl/α,β-unsaturated/α-hetero) is 1. The van der Waals surface area contributed by atoms with E-state index in [9.17, 15) is 4.79 Å². The Morgan fingerprint density at radius 3 is 2.52 bits per heavy atom. The zero-order chi connectivity index (χ0) is 17.0. The molecule has 0 bridgehead atoms. The van der Waals surface area contributed by atoms with Crippen LogP contribution in [0.1, 0.15) is 21.7 Å². The number of carbonyl (C=O) groups is 1. The van der Waals surface area contributed by atoms with E-state index in [0.29, 0.717) is 18.2 Å². The lowest BCUT2D eigenvalue weighted by Crippen LogP contribution is -2.29. The normalized spacial score (nSPS) is 11.2. The van der Waals surface area contributed by atoms with Crippen molar-refractivity contribution in [1.29, 1.82) is 0 Å². The molecular formula is C18H23ClN2O2. The summed E-state index contributed by atoms with van der Waals surface area (Å²) in [6, 6.07) is 9.59. The van der Waals surface area contributed by atoms with E-state index in [1.54, 1.807) is 7.11 Å². The van der Waals surface area contributed by atoms with Crippen molar-refractivity contribution in [2.45, 2.75) is 13.8 Å². The SMILES string of the molecule is COCCN(C)CC(=O)c1cc(C)n(-c2ccc(Cl)cc2)c1C. The molecule has 0 saturated heterocycles. The summed E-state index contributed by atoms with van der Waals surface area (Å²) >= 11 is 5.95. The molecule has 0 fully saturated rings. The molecule has 0 N–H and O–H groups in total. The second-order valence-electron chi connectivity index (χ2n) is 5.75. The fourth-order valence-corrected chi connectivity index (χ4v) is 2.82. The molecule has 0 unspecified atom stereocenters. The first-order valence-corrected chi connectivity index (χ1v) is 7.97. The molecule has 2 aromatic rings. The van der Waals surface area contributed by atoms with Gasteiger partial charge in [-0.3, -0.25) is 9.69 Å². The number of ether oxygens (including phenoxy) is 1. The lowest BCUT2D eigenvalue weighted by molar-refractivity contribution is 0.0922. The Balaban J connectivity index is 2.23. The summed E-state index contributed by atoms with van der Waals surface area (Å²) in [6.45, 7) is 5.72. The second kappa shape index (κ2) is 7.77. The summed E-state index contributed by atoms with van der Waals surface area (Å²) in [7, 11) is 3.59. The van der Waals surface area contributed by atoms with Crippen LogP contribution in [0.5, 0.6) is 0 Å². The highest BCUT2D eigenvalue weighted by Gasteiger charge is 2.17. The van der Waals surface area contributed by atoms with Crippen molar-refractivity contribution in [3.63, 3.8) is 0 Å². The van der Waals surface area contributed by atoms with E-state index in [2.05, 4.69) is 4.57 Å². The number of aryl methyl sites for hydroxylation is 1. The van der Waals surface area contributed by atoms with Gasteiger partial charge >= 0.3 is 0 Å². The monoisotopic (exact) mass is 334 g/mol. The van der Waals surface area contributed by atoms with Gasteiger partial charge in [-0.15, -0.1) is 0 Å². The van der Waals surface area contributed by atoms with Gasteiger partial charge < -0.3 is 9.30 Å². The van der Waals surface area contributed by atoms with Crippen LogP contribution < -0.4 is 0 Å². The number of aromatic nitrogens is 1. The van der Waals surface area contributed by atoms with E-state index in [1.165, 1.54) is 0 Å². The van der Waals surface area contributed by atoms with Crippen molar-refractivity contribution in [2.24, 2.45) is 0 Å². The standard InChI is InChI=1S/C18H23ClN2O2/c1-13-11-17(18(22)12-20(3)9-10-23-4)14(2)21(13)16-7-5-15(19)6-8-16/h5-8,11H,9-10,12H2,1-4H3. The maximum Gasteiger partial charge on any atom is 0.178 e. The summed E-state index contributed by atoms with van der Waals surface area (Å²) in [5.74, 6) is 0.122. The van der Waals surface area contributed by atoms with Gasteiger partial charge in [-0.25, -0.2) is 0 Å². The number of nitrogens with zero attached hydrogens (tertiary/aromatic N) is 2. The maximum atomic E-state index is 12.6. The molecule has 1 heterocycles. The van der Waals surface area contributed by atoms with Crippen LogP contribution in [0, 0.1) is 13.8 Å². The van der Waals surface area contributed by atoms with Crippen molar-refractivity contribution < 1.29 is 9.53 Å². The Bertz CT molecular complexity index is 677. The minimum atomic E-state index is 0.122. The van der Waals surface area contributed by atoms with Gasteiger partial charge in [0.05, 0.1) is 13.2 Å². The van der Waals surface area contributed by atoms with Crippen LogP contribution in [0.15, 0.2) is 30.3 Å². The minimum Gasteiger partial charge on any atom is -0.383 e. The molecule has 0 atom stereocenters. The molecule has 0 aliphatic heterocycles. The highest BCUT2D eigenvalue weighted by Crippen LogP contribution is 2.22. The molecule has 0 aliphatic carbocycles. The van der Waals surface area contributed by atoms with Crippen LogP contribution in [-0.4, -0.2) is 49.1 Å². The van der Waals surface area contributed by atoms with Gasteiger partial charge in [-0.2, -0.15) is 0 Å². The number of hydrogen-bond acceptors (Lipinski definition) is 3. The van der Waals surface area contributed by atoms with Gasteiger partial charge in [-0.1, -0.05) is 11.6 Å². The fourth-order valence-electron chi connectivity index (χ4n) is 2.69. The molecule has 0 saturated carbocycles. The van der Waals surface area contributed by atoms with Crippen LogP contribution >= 0.6 is 11.6 Å². The largest absolute Gasteiger partial charge is 0.383 e. The Morgan fingerprint density at radius 2 is 1.91 bits per heavy atom. The van der Waals surface area contributed by atoms with Crippen LogP contribution in [0.2, 0.25) is 5.02 Å². The zero-order valence-corrected chi connectivity index (χ0v) is 14.9. The average molecular weight is 335 g/mol. The quantitative estimate of drug-likeness (QED) is 0.727. The number of likely N-dealkylation sites (N-methyl/N-ethyl adjacent to an activating group) is 1. The van der Waals surface area contributed by atoms with Crippen LogP contribution in [0.25, 0.3) is 5.69 Å². The summed E-state index contributed by atoms with van der Waals surface area (Å²) in [6.07, 6.45) is 0. The first-order valence-electron chi connectivity index (χ1n) is 7.59.